The Hall–Kier alpha value is -1.03. The minimum atomic E-state index is -2.50. The molecule has 1 saturated carbocycles. The lowest BCUT2D eigenvalue weighted by Gasteiger charge is -2.15. The monoisotopic (exact) mass is 196 g/mol. The molecule has 1 radical (unpaired) electrons. The quantitative estimate of drug-likeness (QED) is 0.732. The van der Waals surface area contributed by atoms with Gasteiger partial charge in [-0.3, -0.25) is 4.31 Å². The summed E-state index contributed by atoms with van der Waals surface area (Å²) in [4.78, 5) is 0. The predicted octanol–water partition coefficient (Wildman–Crippen LogP) is 0.982. The van der Waals surface area contributed by atoms with E-state index in [1.165, 1.54) is 4.31 Å². The molecule has 13 heavy (non-hydrogen) atoms. The number of hydrogen-bond donors (Lipinski definition) is 1. The van der Waals surface area contributed by atoms with Crippen LogP contribution in [-0.4, -0.2) is 14.5 Å². The second kappa shape index (κ2) is 3.38. The van der Waals surface area contributed by atoms with Crippen LogP contribution >= 0.6 is 0 Å². The Balaban J connectivity index is 2.30. The molecule has 0 bridgehead atoms. The fraction of sp³-hybridized carbons (Fsp3) is 0.333. The van der Waals surface area contributed by atoms with Gasteiger partial charge in [0.05, 0.1) is 5.69 Å². The van der Waals surface area contributed by atoms with Crippen LogP contribution in [0.25, 0.3) is 0 Å². The van der Waals surface area contributed by atoms with Crippen LogP contribution < -0.4 is 4.31 Å². The van der Waals surface area contributed by atoms with Crippen molar-refractivity contribution in [1.29, 1.82) is 0 Å². The van der Waals surface area contributed by atoms with Gasteiger partial charge in [-0.1, -0.05) is 12.1 Å². The van der Waals surface area contributed by atoms with Crippen LogP contribution in [-0.2, 0) is 10.9 Å². The van der Waals surface area contributed by atoms with Crippen LogP contribution in [0.2, 0.25) is 0 Å². The molecule has 0 aliphatic heterocycles. The van der Waals surface area contributed by atoms with Gasteiger partial charge in [-0.25, -0.2) is 8.42 Å². The molecule has 0 N–H and O–H groups in total. The summed E-state index contributed by atoms with van der Waals surface area (Å²) in [5.41, 5.74) is 0.723. The van der Waals surface area contributed by atoms with Crippen molar-refractivity contribution in [2.75, 3.05) is 4.31 Å². The highest BCUT2D eigenvalue weighted by molar-refractivity contribution is 7.74. The summed E-state index contributed by atoms with van der Waals surface area (Å²) in [7, 11) is -2.50. The first kappa shape index (κ1) is 8.56. The van der Waals surface area contributed by atoms with Gasteiger partial charge in [-0.2, -0.15) is 0 Å². The minimum Gasteiger partial charge on any atom is -0.269 e. The summed E-state index contributed by atoms with van der Waals surface area (Å²) in [6.45, 7) is 0. The zero-order valence-corrected chi connectivity index (χ0v) is 7.91. The fourth-order valence-corrected chi connectivity index (χ4v) is 2.09. The van der Waals surface area contributed by atoms with E-state index in [4.69, 9.17) is 0 Å². The SMILES string of the molecule is O=[SH](=O)N(c1c[c]ccc1)C1CC1. The maximum absolute atomic E-state index is 10.9. The van der Waals surface area contributed by atoms with Crippen molar-refractivity contribution in [3.63, 3.8) is 0 Å². The van der Waals surface area contributed by atoms with Crippen molar-refractivity contribution in [3.05, 3.63) is 30.3 Å². The number of benzene rings is 1. The molecule has 4 heteroatoms. The van der Waals surface area contributed by atoms with Gasteiger partial charge >= 0.3 is 0 Å². The average molecular weight is 196 g/mol. The highest BCUT2D eigenvalue weighted by atomic mass is 32.2. The summed E-state index contributed by atoms with van der Waals surface area (Å²) in [6, 6.07) is 10.1. The summed E-state index contributed by atoms with van der Waals surface area (Å²) in [5.74, 6) is 0. The van der Waals surface area contributed by atoms with E-state index in [9.17, 15) is 8.42 Å². The van der Waals surface area contributed by atoms with Crippen molar-refractivity contribution in [1.82, 2.24) is 0 Å². The van der Waals surface area contributed by atoms with E-state index >= 15 is 0 Å². The lowest BCUT2D eigenvalue weighted by Crippen LogP contribution is -2.23. The van der Waals surface area contributed by atoms with Crippen LogP contribution in [0.1, 0.15) is 12.8 Å². The Morgan fingerprint density at radius 2 is 2.23 bits per heavy atom. The van der Waals surface area contributed by atoms with Crippen LogP contribution in [0.15, 0.2) is 24.3 Å². The summed E-state index contributed by atoms with van der Waals surface area (Å²) < 4.78 is 23.3. The van der Waals surface area contributed by atoms with Gasteiger partial charge in [0.15, 0.2) is 0 Å². The third-order valence-electron chi connectivity index (χ3n) is 2.02. The first-order valence-corrected chi connectivity index (χ1v) is 5.32. The van der Waals surface area contributed by atoms with E-state index < -0.39 is 10.9 Å². The number of nitrogens with zero attached hydrogens (tertiary/aromatic N) is 1. The first-order valence-electron chi connectivity index (χ1n) is 4.18. The lowest BCUT2D eigenvalue weighted by atomic mass is 10.3. The van der Waals surface area contributed by atoms with Crippen molar-refractivity contribution in [2.45, 2.75) is 18.9 Å². The van der Waals surface area contributed by atoms with Gasteiger partial charge in [0.1, 0.15) is 0 Å². The zero-order chi connectivity index (χ0) is 9.26. The van der Waals surface area contributed by atoms with Crippen LogP contribution in [0, 0.1) is 6.07 Å². The van der Waals surface area contributed by atoms with Crippen molar-refractivity contribution < 1.29 is 8.42 Å². The van der Waals surface area contributed by atoms with Crippen LogP contribution in [0.3, 0.4) is 0 Å². The molecule has 1 aromatic rings. The van der Waals surface area contributed by atoms with Gasteiger partial charge in [0, 0.05) is 6.04 Å². The molecule has 1 aromatic carbocycles. The Morgan fingerprint density at radius 3 is 2.69 bits per heavy atom. The third kappa shape index (κ3) is 1.83. The maximum atomic E-state index is 10.9. The molecule has 1 aliphatic rings. The minimum absolute atomic E-state index is 0.192. The Morgan fingerprint density at radius 1 is 1.46 bits per heavy atom. The number of anilines is 1. The molecule has 1 fully saturated rings. The van der Waals surface area contributed by atoms with Crippen LogP contribution in [0.5, 0.6) is 0 Å². The smallest absolute Gasteiger partial charge is 0.225 e. The van der Waals surface area contributed by atoms with Crippen molar-refractivity contribution >= 4 is 16.6 Å². The molecule has 0 amide bonds. The standard InChI is InChI=1S/C9H10NO2S/c11-13(12)10(9-6-7-9)8-4-2-1-3-5-8/h1-2,4-5,9,13H,6-7H2. The van der Waals surface area contributed by atoms with Gasteiger partial charge in [-0.05, 0) is 31.0 Å². The van der Waals surface area contributed by atoms with E-state index in [0.29, 0.717) is 0 Å². The molecule has 0 unspecified atom stereocenters. The lowest BCUT2D eigenvalue weighted by molar-refractivity contribution is 0.609. The fourth-order valence-electron chi connectivity index (χ4n) is 1.28. The average Bonchev–Trinajstić information content (AvgIpc) is 2.90. The molecule has 0 aromatic heterocycles. The van der Waals surface area contributed by atoms with Gasteiger partial charge in [-0.15, -0.1) is 0 Å². The molecule has 0 spiro atoms. The van der Waals surface area contributed by atoms with E-state index in [1.807, 2.05) is 0 Å². The second-order valence-electron chi connectivity index (χ2n) is 3.08. The Labute approximate surface area is 79.1 Å². The predicted molar refractivity (Wildman–Crippen MR) is 51.1 cm³/mol. The molecule has 0 saturated heterocycles. The highest BCUT2D eigenvalue weighted by Crippen LogP contribution is 2.31. The molecule has 1 aliphatic carbocycles. The summed E-state index contributed by atoms with van der Waals surface area (Å²) >= 11 is 0. The number of thiol groups is 1. The molecule has 0 atom stereocenters. The molecule has 69 valence electrons. The van der Waals surface area contributed by atoms with Gasteiger partial charge in [0.2, 0.25) is 10.9 Å². The van der Waals surface area contributed by atoms with E-state index in [1.54, 1.807) is 24.3 Å². The molecule has 2 rings (SSSR count). The third-order valence-corrected chi connectivity index (χ3v) is 2.93. The topological polar surface area (TPSA) is 37.4 Å². The van der Waals surface area contributed by atoms with Crippen LogP contribution in [0.4, 0.5) is 5.69 Å². The summed E-state index contributed by atoms with van der Waals surface area (Å²) in [5, 5.41) is 0. The molecule has 3 nitrogen and oxygen atoms in total. The molecule has 0 heterocycles. The van der Waals surface area contributed by atoms with E-state index in [-0.39, 0.29) is 6.04 Å². The highest BCUT2D eigenvalue weighted by Gasteiger charge is 2.30. The van der Waals surface area contributed by atoms with Crippen molar-refractivity contribution in [3.8, 4) is 0 Å². The molecular weight excluding hydrogens is 186 g/mol. The molecular formula is C9H10NO2S. The Kier molecular flexibility index (Phi) is 2.22. The van der Waals surface area contributed by atoms with Crippen molar-refractivity contribution in [2.24, 2.45) is 0 Å². The second-order valence-corrected chi connectivity index (χ2v) is 3.98. The Bertz CT molecular complexity index is 349. The summed E-state index contributed by atoms with van der Waals surface area (Å²) in [6.07, 6.45) is 1.94. The number of hydrogen-bond acceptors (Lipinski definition) is 2. The zero-order valence-electron chi connectivity index (χ0n) is 7.01. The largest absolute Gasteiger partial charge is 0.269 e. The first-order chi connectivity index (χ1) is 6.29. The van der Waals surface area contributed by atoms with Gasteiger partial charge in [0.25, 0.3) is 0 Å². The number of rotatable bonds is 3. The normalized spacial score (nSPS) is 16.1. The van der Waals surface area contributed by atoms with E-state index in [2.05, 4.69) is 6.07 Å². The van der Waals surface area contributed by atoms with Gasteiger partial charge < -0.3 is 0 Å². The van der Waals surface area contributed by atoms with E-state index in [0.717, 1.165) is 18.5 Å². The maximum Gasteiger partial charge on any atom is 0.225 e.